The van der Waals surface area contributed by atoms with E-state index in [4.69, 9.17) is 11.6 Å². The lowest BCUT2D eigenvalue weighted by Gasteiger charge is -2.13. The van der Waals surface area contributed by atoms with Crippen molar-refractivity contribution in [1.82, 2.24) is 0 Å². The van der Waals surface area contributed by atoms with E-state index in [9.17, 15) is 18.9 Å². The van der Waals surface area contributed by atoms with Crippen LogP contribution in [0, 0.1) is 10.1 Å². The molecule has 0 aliphatic carbocycles. The summed E-state index contributed by atoms with van der Waals surface area (Å²) in [6, 6.07) is 3.02. The molecule has 0 unspecified atom stereocenters. The van der Waals surface area contributed by atoms with Crippen molar-refractivity contribution in [3.05, 3.63) is 38.9 Å². The first-order chi connectivity index (χ1) is 6.88. The second-order valence-corrected chi connectivity index (χ2v) is 3.39. The van der Waals surface area contributed by atoms with Crippen LogP contribution < -0.4 is 0 Å². The molecule has 0 N–H and O–H groups in total. The fourth-order valence-corrected chi connectivity index (χ4v) is 1.27. The summed E-state index contributed by atoms with van der Waals surface area (Å²) in [5.41, 5.74) is -0.886. The Morgan fingerprint density at radius 1 is 1.53 bits per heavy atom. The Morgan fingerprint density at radius 2 is 2.13 bits per heavy atom. The van der Waals surface area contributed by atoms with Gasteiger partial charge in [-0.25, -0.2) is 8.78 Å². The molecule has 0 aliphatic heterocycles. The van der Waals surface area contributed by atoms with E-state index in [0.29, 0.717) is 0 Å². The lowest BCUT2D eigenvalue weighted by molar-refractivity contribution is -0.384. The number of nitro benzene ring substituents is 1. The number of hydrogen-bond acceptors (Lipinski definition) is 2. The van der Waals surface area contributed by atoms with Crippen molar-refractivity contribution in [2.75, 3.05) is 0 Å². The summed E-state index contributed by atoms with van der Waals surface area (Å²) in [6.45, 7) is 1.31. The third-order valence-corrected chi connectivity index (χ3v) is 2.33. The minimum Gasteiger partial charge on any atom is -0.258 e. The summed E-state index contributed by atoms with van der Waals surface area (Å²) < 4.78 is 26.4. The zero-order valence-corrected chi connectivity index (χ0v) is 8.59. The lowest BCUT2D eigenvalue weighted by atomic mass is 10.1. The van der Waals surface area contributed by atoms with E-state index >= 15 is 0 Å². The van der Waals surface area contributed by atoms with Crippen LogP contribution in [0.2, 0.25) is 5.02 Å². The van der Waals surface area contributed by atoms with Gasteiger partial charge in [0.1, 0.15) is 5.02 Å². The maximum atomic E-state index is 13.2. The summed E-state index contributed by atoms with van der Waals surface area (Å²) in [5.74, 6) is -3.06. The minimum atomic E-state index is -3.06. The third-order valence-electron chi connectivity index (χ3n) is 2.01. The average Bonchev–Trinajstić information content (AvgIpc) is 2.17. The molecule has 6 heteroatoms. The number of halogens is 3. The van der Waals surface area contributed by atoms with Crippen LogP contribution in [-0.2, 0) is 5.92 Å². The van der Waals surface area contributed by atoms with Crippen molar-refractivity contribution in [3.63, 3.8) is 0 Å². The number of nitrogens with zero attached hydrogens (tertiary/aromatic N) is 1. The van der Waals surface area contributed by atoms with E-state index in [-0.39, 0.29) is 10.6 Å². The summed E-state index contributed by atoms with van der Waals surface area (Å²) in [6.07, 6.45) is -0.411. The zero-order valence-electron chi connectivity index (χ0n) is 7.84. The molecule has 0 radical (unpaired) electrons. The van der Waals surface area contributed by atoms with Crippen molar-refractivity contribution >= 4 is 17.3 Å². The Morgan fingerprint density at radius 3 is 2.60 bits per heavy atom. The van der Waals surface area contributed by atoms with E-state index in [1.807, 2.05) is 0 Å². The van der Waals surface area contributed by atoms with Gasteiger partial charge in [-0.05, 0) is 6.07 Å². The first-order valence-corrected chi connectivity index (χ1v) is 4.58. The van der Waals surface area contributed by atoms with Crippen LogP contribution in [0.25, 0.3) is 0 Å². The number of rotatable bonds is 3. The highest BCUT2D eigenvalue weighted by atomic mass is 35.5. The van der Waals surface area contributed by atoms with Gasteiger partial charge < -0.3 is 0 Å². The number of hydrogen-bond donors (Lipinski definition) is 0. The molecule has 0 fully saturated rings. The molecule has 0 aliphatic rings. The Balaban J connectivity index is 3.25. The van der Waals surface area contributed by atoms with Gasteiger partial charge in [0.05, 0.1) is 4.92 Å². The summed E-state index contributed by atoms with van der Waals surface area (Å²) in [5, 5.41) is 10.3. The van der Waals surface area contributed by atoms with E-state index in [0.717, 1.165) is 18.2 Å². The lowest BCUT2D eigenvalue weighted by Crippen LogP contribution is -2.11. The smallest absolute Gasteiger partial charge is 0.258 e. The van der Waals surface area contributed by atoms with Gasteiger partial charge in [0, 0.05) is 18.1 Å². The molecule has 1 rings (SSSR count). The highest BCUT2D eigenvalue weighted by Crippen LogP contribution is 2.35. The molecule has 0 aromatic heterocycles. The highest BCUT2D eigenvalue weighted by molar-refractivity contribution is 6.32. The van der Waals surface area contributed by atoms with Gasteiger partial charge in [-0.1, -0.05) is 24.6 Å². The van der Waals surface area contributed by atoms with Gasteiger partial charge in [0.15, 0.2) is 0 Å². The molecule has 0 saturated carbocycles. The second kappa shape index (κ2) is 4.10. The normalized spacial score (nSPS) is 11.5. The topological polar surface area (TPSA) is 43.1 Å². The maximum absolute atomic E-state index is 13.2. The van der Waals surface area contributed by atoms with E-state index in [1.54, 1.807) is 0 Å². The summed E-state index contributed by atoms with van der Waals surface area (Å²) in [7, 11) is 0. The molecule has 15 heavy (non-hydrogen) atoms. The molecule has 0 saturated heterocycles. The van der Waals surface area contributed by atoms with Gasteiger partial charge in [-0.2, -0.15) is 0 Å². The first-order valence-electron chi connectivity index (χ1n) is 4.20. The van der Waals surface area contributed by atoms with Crippen LogP contribution in [0.3, 0.4) is 0 Å². The molecule has 0 bridgehead atoms. The Labute approximate surface area is 89.8 Å². The fourth-order valence-electron chi connectivity index (χ4n) is 1.08. The first kappa shape index (κ1) is 11.8. The molecular formula is C9H8ClF2NO2. The molecule has 3 nitrogen and oxygen atoms in total. The predicted octanol–water partition coefficient (Wildman–Crippen LogP) is 3.75. The molecule has 0 heterocycles. The quantitative estimate of drug-likeness (QED) is 0.591. The van der Waals surface area contributed by atoms with Crippen LogP contribution in [-0.4, -0.2) is 4.92 Å². The SMILES string of the molecule is CCC(F)(F)c1ccc(Cl)c([N+](=O)[O-])c1. The molecule has 0 amide bonds. The van der Waals surface area contributed by atoms with Gasteiger partial charge in [-0.3, -0.25) is 10.1 Å². The number of benzene rings is 1. The standard InChI is InChI=1S/C9H8ClF2NO2/c1-2-9(11,12)6-3-4-7(10)8(5-6)13(14)15/h3-5H,2H2,1H3. The van der Waals surface area contributed by atoms with Crippen LogP contribution >= 0.6 is 11.6 Å². The number of alkyl halides is 2. The van der Waals surface area contributed by atoms with Crippen molar-refractivity contribution in [1.29, 1.82) is 0 Å². The fraction of sp³-hybridized carbons (Fsp3) is 0.333. The molecular weight excluding hydrogens is 228 g/mol. The average molecular weight is 236 g/mol. The van der Waals surface area contributed by atoms with Crippen molar-refractivity contribution in [3.8, 4) is 0 Å². The largest absolute Gasteiger partial charge is 0.288 e. The van der Waals surface area contributed by atoms with Crippen LogP contribution in [0.15, 0.2) is 18.2 Å². The minimum absolute atomic E-state index is 0.143. The van der Waals surface area contributed by atoms with Crippen molar-refractivity contribution in [2.24, 2.45) is 0 Å². The van der Waals surface area contributed by atoms with Crippen molar-refractivity contribution in [2.45, 2.75) is 19.3 Å². The van der Waals surface area contributed by atoms with Gasteiger partial charge >= 0.3 is 0 Å². The number of nitro groups is 1. The van der Waals surface area contributed by atoms with E-state index < -0.39 is 23.0 Å². The Kier molecular flexibility index (Phi) is 3.24. The van der Waals surface area contributed by atoms with Gasteiger partial charge in [0.2, 0.25) is 0 Å². The molecule has 82 valence electrons. The third kappa shape index (κ3) is 2.41. The Hall–Kier alpha value is -1.23. The second-order valence-electron chi connectivity index (χ2n) is 2.98. The van der Waals surface area contributed by atoms with Gasteiger partial charge in [0.25, 0.3) is 11.6 Å². The van der Waals surface area contributed by atoms with E-state index in [2.05, 4.69) is 0 Å². The van der Waals surface area contributed by atoms with Crippen LogP contribution in [0.1, 0.15) is 18.9 Å². The molecule has 0 atom stereocenters. The summed E-state index contributed by atoms with van der Waals surface area (Å²) in [4.78, 5) is 9.69. The monoisotopic (exact) mass is 235 g/mol. The zero-order chi connectivity index (χ0) is 11.6. The van der Waals surface area contributed by atoms with E-state index in [1.165, 1.54) is 6.92 Å². The molecule has 1 aromatic rings. The Bertz CT molecular complexity index is 396. The van der Waals surface area contributed by atoms with Crippen molar-refractivity contribution < 1.29 is 13.7 Å². The maximum Gasteiger partial charge on any atom is 0.288 e. The van der Waals surface area contributed by atoms with Crippen LogP contribution in [0.5, 0.6) is 0 Å². The molecule has 0 spiro atoms. The predicted molar refractivity (Wildman–Crippen MR) is 52.3 cm³/mol. The highest BCUT2D eigenvalue weighted by Gasteiger charge is 2.31. The molecule has 1 aromatic carbocycles. The van der Waals surface area contributed by atoms with Crippen LogP contribution in [0.4, 0.5) is 14.5 Å². The summed E-state index contributed by atoms with van der Waals surface area (Å²) >= 11 is 5.50. The van der Waals surface area contributed by atoms with Gasteiger partial charge in [-0.15, -0.1) is 0 Å².